The normalized spacial score (nSPS) is 10.8. The van der Waals surface area contributed by atoms with Gasteiger partial charge in [-0.25, -0.2) is 4.79 Å². The fourth-order valence-electron chi connectivity index (χ4n) is 2.50. The maximum atomic E-state index is 11.9. The van der Waals surface area contributed by atoms with E-state index in [0.717, 1.165) is 22.0 Å². The van der Waals surface area contributed by atoms with E-state index in [9.17, 15) is 9.59 Å². The van der Waals surface area contributed by atoms with Gasteiger partial charge in [0.25, 0.3) is 5.91 Å². The molecule has 0 radical (unpaired) electrons. The number of anilines is 1. The average Bonchev–Trinajstić information content (AvgIpc) is 2.66. The van der Waals surface area contributed by atoms with E-state index in [2.05, 4.69) is 10.3 Å². The van der Waals surface area contributed by atoms with E-state index in [0.29, 0.717) is 5.69 Å². The van der Waals surface area contributed by atoms with Crippen LogP contribution in [0.15, 0.2) is 66.9 Å². The van der Waals surface area contributed by atoms with Crippen LogP contribution in [0.2, 0.25) is 0 Å². The van der Waals surface area contributed by atoms with Crippen LogP contribution in [0.1, 0.15) is 11.1 Å². The third-order valence-corrected chi connectivity index (χ3v) is 3.83. The second-order valence-corrected chi connectivity index (χ2v) is 5.73. The molecule has 0 aliphatic rings. The van der Waals surface area contributed by atoms with Crippen LogP contribution in [-0.2, 0) is 14.3 Å². The van der Waals surface area contributed by atoms with Gasteiger partial charge in [0.05, 0.1) is 5.52 Å². The molecule has 0 saturated heterocycles. The molecule has 0 aliphatic carbocycles. The molecule has 0 unspecified atom stereocenters. The van der Waals surface area contributed by atoms with E-state index < -0.39 is 5.97 Å². The second-order valence-electron chi connectivity index (χ2n) is 5.73. The topological polar surface area (TPSA) is 68.3 Å². The summed E-state index contributed by atoms with van der Waals surface area (Å²) in [7, 11) is 0. The Balaban J connectivity index is 1.58. The predicted molar refractivity (Wildman–Crippen MR) is 102 cm³/mol. The maximum absolute atomic E-state index is 11.9. The number of esters is 1. The Morgan fingerprint density at radius 2 is 1.88 bits per heavy atom. The Labute approximate surface area is 151 Å². The van der Waals surface area contributed by atoms with Gasteiger partial charge in [0, 0.05) is 28.9 Å². The summed E-state index contributed by atoms with van der Waals surface area (Å²) < 4.78 is 4.99. The minimum Gasteiger partial charge on any atom is -0.452 e. The summed E-state index contributed by atoms with van der Waals surface area (Å²) in [5, 5.41) is 3.70. The van der Waals surface area contributed by atoms with Crippen LogP contribution < -0.4 is 5.32 Å². The Hall–Kier alpha value is -3.47. The van der Waals surface area contributed by atoms with Crippen molar-refractivity contribution >= 4 is 34.5 Å². The number of hydrogen-bond donors (Lipinski definition) is 1. The summed E-state index contributed by atoms with van der Waals surface area (Å²) in [6.45, 7) is 1.55. The maximum Gasteiger partial charge on any atom is 0.331 e. The number of pyridine rings is 1. The quantitative estimate of drug-likeness (QED) is 0.564. The van der Waals surface area contributed by atoms with E-state index in [-0.39, 0.29) is 12.5 Å². The fourth-order valence-corrected chi connectivity index (χ4v) is 2.50. The van der Waals surface area contributed by atoms with Gasteiger partial charge in [-0.1, -0.05) is 42.5 Å². The van der Waals surface area contributed by atoms with Gasteiger partial charge in [0.15, 0.2) is 6.61 Å². The summed E-state index contributed by atoms with van der Waals surface area (Å²) in [6, 6.07) is 16.9. The molecule has 0 aliphatic heterocycles. The minimum atomic E-state index is -0.585. The molecule has 5 heteroatoms. The van der Waals surface area contributed by atoms with Crippen LogP contribution in [-0.4, -0.2) is 23.5 Å². The number of carbonyl (C=O) groups excluding carboxylic acids is 2. The van der Waals surface area contributed by atoms with Gasteiger partial charge in [0.2, 0.25) is 0 Å². The number of ether oxygens (including phenoxy) is 1. The van der Waals surface area contributed by atoms with Crippen LogP contribution in [0.3, 0.4) is 0 Å². The Morgan fingerprint density at radius 3 is 2.73 bits per heavy atom. The SMILES string of the molecule is Cc1ccccc1NC(=O)COC(=O)/C=C/c1cccc2cccnc12. The molecule has 1 amide bonds. The summed E-state index contributed by atoms with van der Waals surface area (Å²) in [5.41, 5.74) is 3.25. The molecule has 2 aromatic carbocycles. The van der Waals surface area contributed by atoms with Crippen LogP contribution in [0.5, 0.6) is 0 Å². The Kier molecular flexibility index (Phi) is 5.39. The van der Waals surface area contributed by atoms with E-state index in [1.807, 2.05) is 55.5 Å². The predicted octanol–water partition coefficient (Wildman–Crippen LogP) is 3.74. The molecule has 1 heterocycles. The van der Waals surface area contributed by atoms with Crippen molar-refractivity contribution in [3.8, 4) is 0 Å². The largest absolute Gasteiger partial charge is 0.452 e. The lowest BCUT2D eigenvalue weighted by molar-refractivity contribution is -0.142. The number of aromatic nitrogens is 1. The zero-order chi connectivity index (χ0) is 18.4. The van der Waals surface area contributed by atoms with E-state index in [4.69, 9.17) is 4.74 Å². The molecular formula is C21H18N2O3. The molecule has 1 N–H and O–H groups in total. The second kappa shape index (κ2) is 8.07. The third kappa shape index (κ3) is 4.33. The van der Waals surface area contributed by atoms with Crippen molar-refractivity contribution in [1.29, 1.82) is 0 Å². The molecule has 0 spiro atoms. The first-order valence-corrected chi connectivity index (χ1v) is 8.17. The number of fused-ring (bicyclic) bond motifs is 1. The van der Waals surface area contributed by atoms with Crippen molar-refractivity contribution in [3.05, 3.63) is 78.0 Å². The lowest BCUT2D eigenvalue weighted by Crippen LogP contribution is -2.20. The van der Waals surface area contributed by atoms with Crippen LogP contribution in [0.4, 0.5) is 5.69 Å². The van der Waals surface area contributed by atoms with Crippen molar-refractivity contribution < 1.29 is 14.3 Å². The van der Waals surface area contributed by atoms with Crippen LogP contribution >= 0.6 is 0 Å². The Morgan fingerprint density at radius 1 is 1.08 bits per heavy atom. The zero-order valence-electron chi connectivity index (χ0n) is 14.3. The van der Waals surface area contributed by atoms with Crippen molar-refractivity contribution in [3.63, 3.8) is 0 Å². The number of carbonyl (C=O) groups is 2. The van der Waals surface area contributed by atoms with Crippen molar-refractivity contribution in [2.45, 2.75) is 6.92 Å². The number of amides is 1. The number of aryl methyl sites for hydroxylation is 1. The monoisotopic (exact) mass is 346 g/mol. The first-order chi connectivity index (χ1) is 12.6. The molecule has 26 heavy (non-hydrogen) atoms. The molecule has 130 valence electrons. The van der Waals surface area contributed by atoms with E-state index >= 15 is 0 Å². The van der Waals surface area contributed by atoms with Crippen molar-refractivity contribution in [2.24, 2.45) is 0 Å². The molecule has 0 atom stereocenters. The van der Waals surface area contributed by atoms with Crippen molar-refractivity contribution in [2.75, 3.05) is 11.9 Å². The minimum absolute atomic E-state index is 0.342. The molecule has 5 nitrogen and oxygen atoms in total. The van der Waals surface area contributed by atoms with Crippen LogP contribution in [0.25, 0.3) is 17.0 Å². The average molecular weight is 346 g/mol. The van der Waals surface area contributed by atoms with Gasteiger partial charge in [-0.3, -0.25) is 9.78 Å². The lowest BCUT2D eigenvalue weighted by Gasteiger charge is -2.07. The molecule has 3 rings (SSSR count). The standard InChI is InChI=1S/C21H18N2O3/c1-15-6-2-3-10-18(15)23-19(24)14-26-20(25)12-11-17-8-4-7-16-9-5-13-22-21(16)17/h2-13H,14H2,1H3,(H,23,24)/b12-11+. The smallest absolute Gasteiger partial charge is 0.331 e. The number of nitrogens with zero attached hydrogens (tertiary/aromatic N) is 1. The third-order valence-electron chi connectivity index (χ3n) is 3.83. The molecule has 0 bridgehead atoms. The Bertz CT molecular complexity index is 974. The summed E-state index contributed by atoms with van der Waals surface area (Å²) in [5.74, 6) is -0.967. The number of hydrogen-bond acceptors (Lipinski definition) is 4. The number of nitrogens with one attached hydrogen (secondary N) is 1. The van der Waals surface area contributed by atoms with Gasteiger partial charge in [-0.2, -0.15) is 0 Å². The highest BCUT2D eigenvalue weighted by Crippen LogP contribution is 2.17. The first-order valence-electron chi connectivity index (χ1n) is 8.17. The first kappa shape index (κ1) is 17.4. The van der Waals surface area contributed by atoms with Gasteiger partial charge in [-0.05, 0) is 30.7 Å². The molecule has 1 aromatic heterocycles. The zero-order valence-corrected chi connectivity index (χ0v) is 14.3. The lowest BCUT2D eigenvalue weighted by atomic mass is 10.1. The number of para-hydroxylation sites is 2. The molecular weight excluding hydrogens is 328 g/mol. The van der Waals surface area contributed by atoms with Crippen LogP contribution in [0, 0.1) is 6.92 Å². The fraction of sp³-hybridized carbons (Fsp3) is 0.0952. The van der Waals surface area contributed by atoms with Gasteiger partial charge < -0.3 is 10.1 Å². The molecule has 0 saturated carbocycles. The highest BCUT2D eigenvalue weighted by atomic mass is 16.5. The van der Waals surface area contributed by atoms with E-state index in [1.165, 1.54) is 6.08 Å². The van der Waals surface area contributed by atoms with E-state index in [1.54, 1.807) is 18.3 Å². The molecule has 0 fully saturated rings. The van der Waals surface area contributed by atoms with Gasteiger partial charge >= 0.3 is 5.97 Å². The molecule has 3 aromatic rings. The van der Waals surface area contributed by atoms with Crippen molar-refractivity contribution in [1.82, 2.24) is 4.98 Å². The summed E-state index contributed by atoms with van der Waals surface area (Å²) >= 11 is 0. The highest BCUT2D eigenvalue weighted by molar-refractivity contribution is 5.96. The highest BCUT2D eigenvalue weighted by Gasteiger charge is 2.07. The number of rotatable bonds is 5. The summed E-state index contributed by atoms with van der Waals surface area (Å²) in [4.78, 5) is 28.1. The number of benzene rings is 2. The van der Waals surface area contributed by atoms with Gasteiger partial charge in [-0.15, -0.1) is 0 Å². The summed E-state index contributed by atoms with van der Waals surface area (Å²) in [6.07, 6.45) is 4.63. The van der Waals surface area contributed by atoms with Gasteiger partial charge in [0.1, 0.15) is 0 Å².